The molecule has 0 unspecified atom stereocenters. The molecular weight excluding hydrogens is 338 g/mol. The Hall–Kier alpha value is -1.58. The maximum Gasteiger partial charge on any atom is 0.325 e. The van der Waals surface area contributed by atoms with E-state index in [0.29, 0.717) is 5.92 Å². The Morgan fingerprint density at radius 3 is 2.63 bits per heavy atom. The van der Waals surface area contributed by atoms with Crippen molar-refractivity contribution in [3.8, 4) is 0 Å². The highest BCUT2D eigenvalue weighted by atomic mass is 16.4. The number of amides is 1. The van der Waals surface area contributed by atoms with E-state index in [1.807, 2.05) is 0 Å². The van der Waals surface area contributed by atoms with Crippen molar-refractivity contribution in [3.05, 3.63) is 24.3 Å². The zero-order valence-electron chi connectivity index (χ0n) is 17.3. The predicted octanol–water partition coefficient (Wildman–Crippen LogP) is 4.71. The van der Waals surface area contributed by atoms with Gasteiger partial charge in [-0.1, -0.05) is 44.9 Å². The summed E-state index contributed by atoms with van der Waals surface area (Å²) in [6, 6.07) is -0.846. The summed E-state index contributed by atoms with van der Waals surface area (Å²) >= 11 is 0. The first kappa shape index (κ1) is 20.2. The number of hydrogen-bond acceptors (Lipinski definition) is 2. The van der Waals surface area contributed by atoms with Gasteiger partial charge in [-0.05, 0) is 68.1 Å². The van der Waals surface area contributed by atoms with Crippen molar-refractivity contribution in [1.82, 2.24) is 5.32 Å². The van der Waals surface area contributed by atoms with Crippen molar-refractivity contribution >= 4 is 11.9 Å². The van der Waals surface area contributed by atoms with Crippen LogP contribution < -0.4 is 5.32 Å². The lowest BCUT2D eigenvalue weighted by Gasteiger charge is -2.58. The number of hydrogen-bond donors (Lipinski definition) is 2. The van der Waals surface area contributed by atoms with E-state index in [2.05, 4.69) is 44.8 Å². The minimum Gasteiger partial charge on any atom is -0.480 e. The molecule has 0 bridgehead atoms. The van der Waals surface area contributed by atoms with Gasteiger partial charge in [0.25, 0.3) is 0 Å². The normalized spacial score (nSPS) is 42.1. The molecule has 2 N–H and O–H groups in total. The van der Waals surface area contributed by atoms with Gasteiger partial charge in [0, 0.05) is 0 Å². The molecule has 0 aromatic heterocycles. The molecule has 0 aromatic carbocycles. The Morgan fingerprint density at radius 1 is 1.30 bits per heavy atom. The third kappa shape index (κ3) is 3.25. The molecule has 6 atom stereocenters. The number of allylic oxidation sites excluding steroid dienone is 3. The van der Waals surface area contributed by atoms with E-state index in [9.17, 15) is 14.7 Å². The van der Waals surface area contributed by atoms with Gasteiger partial charge >= 0.3 is 5.97 Å². The van der Waals surface area contributed by atoms with Gasteiger partial charge in [-0.2, -0.15) is 0 Å². The highest BCUT2D eigenvalue weighted by Gasteiger charge is 2.57. The van der Waals surface area contributed by atoms with Gasteiger partial charge in [-0.25, -0.2) is 0 Å². The third-order valence-electron chi connectivity index (χ3n) is 8.06. The lowest BCUT2D eigenvalue weighted by atomic mass is 9.46. The van der Waals surface area contributed by atoms with E-state index in [0.717, 1.165) is 44.9 Å². The second-order valence-corrected chi connectivity index (χ2v) is 9.97. The number of fused-ring (bicyclic) bond motifs is 3. The standard InChI is InChI=1S/C23H35NO3/c1-6-21(3)13-10-17-16(14-21)8-9-18-22(17,4)11-7-12-23(18,5)20(27)24-15(2)19(25)26/h6,10,15-16,18H,1,7-9,11-14H2,2-5H3,(H,24,27)(H,25,26)/t15-,16+,18+,21+,22+,23-/m1/s1. The van der Waals surface area contributed by atoms with E-state index in [1.165, 1.54) is 0 Å². The Kier molecular flexibility index (Phi) is 5.07. The van der Waals surface area contributed by atoms with Crippen molar-refractivity contribution in [3.63, 3.8) is 0 Å². The number of rotatable bonds is 4. The minimum atomic E-state index is -0.979. The Labute approximate surface area is 163 Å². The topological polar surface area (TPSA) is 66.4 Å². The van der Waals surface area contributed by atoms with Crippen LogP contribution in [-0.4, -0.2) is 23.0 Å². The maximum absolute atomic E-state index is 13.1. The first-order chi connectivity index (χ1) is 12.6. The van der Waals surface area contributed by atoms with Crippen LogP contribution in [0.3, 0.4) is 0 Å². The summed E-state index contributed by atoms with van der Waals surface area (Å²) in [6.45, 7) is 12.3. The fraction of sp³-hybridized carbons (Fsp3) is 0.739. The average molecular weight is 374 g/mol. The van der Waals surface area contributed by atoms with Gasteiger partial charge in [0.2, 0.25) is 5.91 Å². The van der Waals surface area contributed by atoms with Crippen LogP contribution in [0.4, 0.5) is 0 Å². The van der Waals surface area contributed by atoms with E-state index in [4.69, 9.17) is 0 Å². The Balaban J connectivity index is 1.90. The number of nitrogens with one attached hydrogen (secondary N) is 1. The molecule has 3 rings (SSSR count). The van der Waals surface area contributed by atoms with Crippen LogP contribution in [0.25, 0.3) is 0 Å². The molecule has 0 saturated heterocycles. The SMILES string of the molecule is C=C[C@@]1(C)CC=C2[C@@H](CC[C@@H]3[C@](C)(C(=O)N[C@H](C)C(=O)O)CCC[C@@]23C)C1. The second-order valence-electron chi connectivity index (χ2n) is 9.97. The van der Waals surface area contributed by atoms with Crippen LogP contribution in [0, 0.1) is 28.1 Å². The Bertz CT molecular complexity index is 683. The molecule has 0 radical (unpaired) electrons. The summed E-state index contributed by atoms with van der Waals surface area (Å²) in [6.07, 6.45) is 11.9. The number of carboxylic acids is 1. The lowest BCUT2D eigenvalue weighted by Crippen LogP contribution is -2.57. The molecule has 4 heteroatoms. The van der Waals surface area contributed by atoms with Crippen LogP contribution in [0.2, 0.25) is 0 Å². The fourth-order valence-electron chi connectivity index (χ4n) is 6.31. The van der Waals surface area contributed by atoms with Gasteiger partial charge in [0.1, 0.15) is 6.04 Å². The molecular formula is C23H35NO3. The first-order valence-corrected chi connectivity index (χ1v) is 10.4. The molecule has 2 saturated carbocycles. The van der Waals surface area contributed by atoms with E-state index >= 15 is 0 Å². The summed E-state index contributed by atoms with van der Waals surface area (Å²) in [5.41, 5.74) is 1.29. The smallest absolute Gasteiger partial charge is 0.325 e. The molecule has 3 aliphatic rings. The Morgan fingerprint density at radius 2 is 2.00 bits per heavy atom. The first-order valence-electron chi connectivity index (χ1n) is 10.4. The van der Waals surface area contributed by atoms with Gasteiger partial charge in [-0.3, -0.25) is 9.59 Å². The van der Waals surface area contributed by atoms with Gasteiger partial charge < -0.3 is 10.4 Å². The molecule has 0 heterocycles. The number of carboxylic acid groups (broad SMARTS) is 1. The van der Waals surface area contributed by atoms with Crippen molar-refractivity contribution in [1.29, 1.82) is 0 Å². The van der Waals surface area contributed by atoms with Crippen LogP contribution in [0.15, 0.2) is 24.3 Å². The van der Waals surface area contributed by atoms with E-state index < -0.39 is 17.4 Å². The predicted molar refractivity (Wildman–Crippen MR) is 107 cm³/mol. The molecule has 150 valence electrons. The monoisotopic (exact) mass is 373 g/mol. The van der Waals surface area contributed by atoms with Gasteiger partial charge in [-0.15, -0.1) is 6.58 Å². The van der Waals surface area contributed by atoms with E-state index in [-0.39, 0.29) is 22.7 Å². The summed E-state index contributed by atoms with van der Waals surface area (Å²) in [5.74, 6) is -0.200. The van der Waals surface area contributed by atoms with E-state index in [1.54, 1.807) is 12.5 Å². The molecule has 0 aliphatic heterocycles. The summed E-state index contributed by atoms with van der Waals surface area (Å²) in [5, 5.41) is 12.0. The molecule has 1 amide bonds. The number of carbonyl (C=O) groups excluding carboxylic acids is 1. The largest absolute Gasteiger partial charge is 0.480 e. The third-order valence-corrected chi connectivity index (χ3v) is 8.06. The molecule has 0 spiro atoms. The second kappa shape index (κ2) is 6.79. The van der Waals surface area contributed by atoms with Crippen molar-refractivity contribution in [2.24, 2.45) is 28.1 Å². The zero-order valence-corrected chi connectivity index (χ0v) is 17.3. The molecule has 0 aromatic rings. The average Bonchev–Trinajstić information content (AvgIpc) is 2.61. The lowest BCUT2D eigenvalue weighted by molar-refractivity contribution is -0.148. The summed E-state index contributed by atoms with van der Waals surface area (Å²) in [4.78, 5) is 24.3. The van der Waals surface area contributed by atoms with Crippen molar-refractivity contribution in [2.45, 2.75) is 78.7 Å². The molecule has 3 aliphatic carbocycles. The quantitative estimate of drug-likeness (QED) is 0.701. The number of carbonyl (C=O) groups is 2. The van der Waals surface area contributed by atoms with Crippen molar-refractivity contribution < 1.29 is 14.7 Å². The van der Waals surface area contributed by atoms with Crippen LogP contribution >= 0.6 is 0 Å². The number of aliphatic carboxylic acids is 1. The van der Waals surface area contributed by atoms with Gasteiger partial charge in [0.05, 0.1) is 5.41 Å². The fourth-order valence-corrected chi connectivity index (χ4v) is 6.31. The zero-order chi connectivity index (χ0) is 20.0. The highest BCUT2D eigenvalue weighted by molar-refractivity contribution is 5.87. The molecule has 27 heavy (non-hydrogen) atoms. The van der Waals surface area contributed by atoms with Crippen molar-refractivity contribution in [2.75, 3.05) is 0 Å². The summed E-state index contributed by atoms with van der Waals surface area (Å²) < 4.78 is 0. The van der Waals surface area contributed by atoms with Crippen LogP contribution in [-0.2, 0) is 9.59 Å². The molecule has 4 nitrogen and oxygen atoms in total. The molecule has 2 fully saturated rings. The van der Waals surface area contributed by atoms with Crippen LogP contribution in [0.5, 0.6) is 0 Å². The summed E-state index contributed by atoms with van der Waals surface area (Å²) in [7, 11) is 0. The highest BCUT2D eigenvalue weighted by Crippen LogP contribution is 2.63. The van der Waals surface area contributed by atoms with Gasteiger partial charge in [0.15, 0.2) is 0 Å². The minimum absolute atomic E-state index is 0.0439. The van der Waals surface area contributed by atoms with Crippen LogP contribution in [0.1, 0.15) is 72.6 Å². The maximum atomic E-state index is 13.1.